The van der Waals surface area contributed by atoms with E-state index < -0.39 is 9.84 Å². The summed E-state index contributed by atoms with van der Waals surface area (Å²) in [5, 5.41) is 5.77. The highest BCUT2D eigenvalue weighted by Gasteiger charge is 2.36. The van der Waals surface area contributed by atoms with Crippen molar-refractivity contribution in [1.82, 2.24) is 10.6 Å². The molecule has 0 spiro atoms. The van der Waals surface area contributed by atoms with E-state index in [1.54, 1.807) is 6.92 Å². The number of carbonyl (C=O) groups is 1. The van der Waals surface area contributed by atoms with Gasteiger partial charge in [-0.3, -0.25) is 4.79 Å². The fraction of sp³-hybridized carbons (Fsp3) is 0.917. The van der Waals surface area contributed by atoms with E-state index in [-0.39, 0.29) is 23.2 Å². The molecular formula is C12H22N2O3S. The van der Waals surface area contributed by atoms with E-state index in [0.29, 0.717) is 12.5 Å². The van der Waals surface area contributed by atoms with Gasteiger partial charge in [-0.25, -0.2) is 8.42 Å². The lowest BCUT2D eigenvalue weighted by atomic mass is 10.2. The summed E-state index contributed by atoms with van der Waals surface area (Å²) < 4.78 is 23.3. The molecule has 2 aliphatic carbocycles. The van der Waals surface area contributed by atoms with Gasteiger partial charge in [0.15, 0.2) is 9.84 Å². The SMILES string of the molecule is CC(NC1CCCC1S(C)(=O)=O)C(=O)NC1CC1. The van der Waals surface area contributed by atoms with Crippen LogP contribution >= 0.6 is 0 Å². The Morgan fingerprint density at radius 2 is 1.89 bits per heavy atom. The normalized spacial score (nSPS) is 30.1. The van der Waals surface area contributed by atoms with Crippen molar-refractivity contribution in [2.75, 3.05) is 6.26 Å². The first kappa shape index (κ1) is 13.8. The molecular weight excluding hydrogens is 252 g/mol. The molecule has 2 fully saturated rings. The average Bonchev–Trinajstić information content (AvgIpc) is 2.92. The van der Waals surface area contributed by atoms with Crippen molar-refractivity contribution in [3.8, 4) is 0 Å². The highest BCUT2D eigenvalue weighted by molar-refractivity contribution is 7.91. The Labute approximate surface area is 109 Å². The largest absolute Gasteiger partial charge is 0.352 e. The molecule has 5 nitrogen and oxygen atoms in total. The maximum Gasteiger partial charge on any atom is 0.237 e. The van der Waals surface area contributed by atoms with Gasteiger partial charge in [0, 0.05) is 18.3 Å². The van der Waals surface area contributed by atoms with Crippen LogP contribution in [-0.2, 0) is 14.6 Å². The summed E-state index contributed by atoms with van der Waals surface area (Å²) in [6.07, 6.45) is 5.85. The van der Waals surface area contributed by atoms with Crippen molar-refractivity contribution >= 4 is 15.7 Å². The van der Waals surface area contributed by atoms with Crippen LogP contribution in [0.25, 0.3) is 0 Å². The standard InChI is InChI=1S/C12H22N2O3S/c1-8(12(15)14-9-6-7-9)13-10-4-3-5-11(10)18(2,16)17/h8-11,13H,3-7H2,1-2H3,(H,14,15). The fourth-order valence-electron chi connectivity index (χ4n) is 2.58. The first-order valence-electron chi connectivity index (χ1n) is 6.63. The zero-order valence-electron chi connectivity index (χ0n) is 11.0. The smallest absolute Gasteiger partial charge is 0.237 e. The van der Waals surface area contributed by atoms with Crippen LogP contribution in [0.5, 0.6) is 0 Å². The average molecular weight is 274 g/mol. The maximum atomic E-state index is 11.8. The molecule has 6 heteroatoms. The lowest BCUT2D eigenvalue weighted by molar-refractivity contribution is -0.123. The van der Waals surface area contributed by atoms with Crippen molar-refractivity contribution in [3.05, 3.63) is 0 Å². The minimum atomic E-state index is -3.03. The summed E-state index contributed by atoms with van der Waals surface area (Å²) in [7, 11) is -3.03. The van der Waals surface area contributed by atoms with Gasteiger partial charge in [0.25, 0.3) is 0 Å². The van der Waals surface area contributed by atoms with Crippen molar-refractivity contribution in [2.45, 2.75) is 62.4 Å². The maximum absolute atomic E-state index is 11.8. The third-order valence-electron chi connectivity index (χ3n) is 3.78. The number of nitrogens with one attached hydrogen (secondary N) is 2. The summed E-state index contributed by atoms with van der Waals surface area (Å²) in [5.74, 6) is -0.0170. The van der Waals surface area contributed by atoms with E-state index in [1.165, 1.54) is 6.26 Å². The number of amides is 1. The van der Waals surface area contributed by atoms with E-state index in [0.717, 1.165) is 25.7 Å². The Kier molecular flexibility index (Phi) is 3.96. The zero-order valence-corrected chi connectivity index (χ0v) is 11.8. The van der Waals surface area contributed by atoms with E-state index in [9.17, 15) is 13.2 Å². The quantitative estimate of drug-likeness (QED) is 0.751. The van der Waals surface area contributed by atoms with Gasteiger partial charge >= 0.3 is 0 Å². The molecule has 18 heavy (non-hydrogen) atoms. The van der Waals surface area contributed by atoms with Crippen LogP contribution in [0.4, 0.5) is 0 Å². The number of carbonyl (C=O) groups excluding carboxylic acids is 1. The van der Waals surface area contributed by atoms with Crippen LogP contribution in [-0.4, -0.2) is 44.0 Å². The van der Waals surface area contributed by atoms with Gasteiger partial charge in [-0.1, -0.05) is 6.42 Å². The molecule has 3 unspecified atom stereocenters. The number of rotatable bonds is 5. The molecule has 0 bridgehead atoms. The fourth-order valence-corrected chi connectivity index (χ4v) is 3.99. The van der Waals surface area contributed by atoms with Crippen LogP contribution in [0.1, 0.15) is 39.0 Å². The minimum Gasteiger partial charge on any atom is -0.352 e. The molecule has 0 aromatic heterocycles. The van der Waals surface area contributed by atoms with E-state index in [4.69, 9.17) is 0 Å². The topological polar surface area (TPSA) is 75.3 Å². The Morgan fingerprint density at radius 3 is 2.44 bits per heavy atom. The van der Waals surface area contributed by atoms with Crippen molar-refractivity contribution in [1.29, 1.82) is 0 Å². The molecule has 0 heterocycles. The third kappa shape index (κ3) is 3.45. The van der Waals surface area contributed by atoms with Crippen LogP contribution in [0.15, 0.2) is 0 Å². The molecule has 2 rings (SSSR count). The second kappa shape index (κ2) is 5.17. The van der Waals surface area contributed by atoms with Crippen LogP contribution < -0.4 is 10.6 Å². The number of hydrogen-bond acceptors (Lipinski definition) is 4. The Balaban J connectivity index is 1.89. The molecule has 0 radical (unpaired) electrons. The molecule has 104 valence electrons. The van der Waals surface area contributed by atoms with Gasteiger partial charge in [-0.15, -0.1) is 0 Å². The van der Waals surface area contributed by atoms with Crippen molar-refractivity contribution in [3.63, 3.8) is 0 Å². The summed E-state index contributed by atoms with van der Waals surface area (Å²) >= 11 is 0. The van der Waals surface area contributed by atoms with Gasteiger partial charge in [0.1, 0.15) is 0 Å². The van der Waals surface area contributed by atoms with Gasteiger partial charge in [-0.2, -0.15) is 0 Å². The summed E-state index contributed by atoms with van der Waals surface area (Å²) in [6.45, 7) is 1.80. The van der Waals surface area contributed by atoms with Gasteiger partial charge in [-0.05, 0) is 32.6 Å². The molecule has 0 aromatic rings. The minimum absolute atomic E-state index is 0.0170. The first-order chi connectivity index (χ1) is 8.38. The summed E-state index contributed by atoms with van der Waals surface area (Å²) in [6, 6.07) is -0.0612. The third-order valence-corrected chi connectivity index (χ3v) is 5.45. The number of hydrogen-bond donors (Lipinski definition) is 2. The molecule has 0 aromatic carbocycles. The molecule has 3 atom stereocenters. The van der Waals surface area contributed by atoms with Crippen LogP contribution in [0, 0.1) is 0 Å². The lowest BCUT2D eigenvalue weighted by Crippen LogP contribution is -2.50. The second-order valence-corrected chi connectivity index (χ2v) is 7.84. The Bertz CT molecular complexity index is 417. The second-order valence-electron chi connectivity index (χ2n) is 5.58. The molecule has 0 aliphatic heterocycles. The predicted molar refractivity (Wildman–Crippen MR) is 70.0 cm³/mol. The predicted octanol–water partition coefficient (Wildman–Crippen LogP) is 0.209. The molecule has 2 N–H and O–H groups in total. The lowest BCUT2D eigenvalue weighted by Gasteiger charge is -2.23. The van der Waals surface area contributed by atoms with Gasteiger partial charge < -0.3 is 10.6 Å². The highest BCUT2D eigenvalue weighted by atomic mass is 32.2. The van der Waals surface area contributed by atoms with Gasteiger partial charge in [0.05, 0.1) is 11.3 Å². The monoisotopic (exact) mass is 274 g/mol. The Hall–Kier alpha value is -0.620. The number of sulfone groups is 1. The van der Waals surface area contributed by atoms with E-state index >= 15 is 0 Å². The molecule has 0 saturated heterocycles. The summed E-state index contributed by atoms with van der Waals surface area (Å²) in [5.41, 5.74) is 0. The summed E-state index contributed by atoms with van der Waals surface area (Å²) in [4.78, 5) is 11.8. The van der Waals surface area contributed by atoms with E-state index in [2.05, 4.69) is 10.6 Å². The van der Waals surface area contributed by atoms with Crippen LogP contribution in [0.3, 0.4) is 0 Å². The Morgan fingerprint density at radius 1 is 1.22 bits per heavy atom. The van der Waals surface area contributed by atoms with Crippen molar-refractivity contribution in [2.24, 2.45) is 0 Å². The van der Waals surface area contributed by atoms with E-state index in [1.807, 2.05) is 0 Å². The highest BCUT2D eigenvalue weighted by Crippen LogP contribution is 2.25. The zero-order chi connectivity index (χ0) is 13.3. The first-order valence-corrected chi connectivity index (χ1v) is 8.58. The van der Waals surface area contributed by atoms with Gasteiger partial charge in [0.2, 0.25) is 5.91 Å². The molecule has 2 saturated carbocycles. The van der Waals surface area contributed by atoms with Crippen LogP contribution in [0.2, 0.25) is 0 Å². The molecule has 2 aliphatic rings. The van der Waals surface area contributed by atoms with Crippen molar-refractivity contribution < 1.29 is 13.2 Å². The molecule has 1 amide bonds.